The predicted octanol–water partition coefficient (Wildman–Crippen LogP) is 1.83. The second kappa shape index (κ2) is 9.34. The number of sulfone groups is 1. The van der Waals surface area contributed by atoms with Crippen LogP contribution in [0.2, 0.25) is 0 Å². The van der Waals surface area contributed by atoms with E-state index in [1.54, 1.807) is 6.07 Å². The van der Waals surface area contributed by atoms with E-state index in [9.17, 15) is 34.8 Å². The molecule has 2 rings (SSSR count). The number of hydrogen-bond donors (Lipinski definition) is 2. The molecular weight excluding hydrogens is 461 g/mol. The van der Waals surface area contributed by atoms with Crippen LogP contribution in [0.25, 0.3) is 0 Å². The second-order valence-electron chi connectivity index (χ2n) is 6.50. The monoisotopic (exact) mass is 480 g/mol. The zero-order valence-corrected chi connectivity index (χ0v) is 17.8. The zero-order valence-electron chi connectivity index (χ0n) is 16.1. The van der Waals surface area contributed by atoms with E-state index in [0.717, 1.165) is 0 Å². The number of aliphatic carboxylic acids is 1. The molecule has 13 heteroatoms. The Morgan fingerprint density at radius 2 is 1.65 bits per heavy atom. The Kier molecular flexibility index (Phi) is 7.47. The Hall–Kier alpha value is -2.48. The molecule has 0 radical (unpaired) electrons. The largest absolute Gasteiger partial charge is 0.480 e. The average molecular weight is 480 g/mol. The van der Waals surface area contributed by atoms with Crippen LogP contribution < -0.4 is 4.72 Å². The van der Waals surface area contributed by atoms with Crippen molar-refractivity contribution in [2.45, 2.75) is 20.9 Å². The van der Waals surface area contributed by atoms with Crippen LogP contribution in [0.5, 0.6) is 0 Å². The van der Waals surface area contributed by atoms with E-state index in [-0.39, 0.29) is 18.0 Å². The molecular formula is C18H19F3N2O6S2. The molecule has 0 saturated heterocycles. The third-order valence-corrected chi connectivity index (χ3v) is 7.37. The zero-order chi connectivity index (χ0) is 23.4. The van der Waals surface area contributed by atoms with Gasteiger partial charge in [0.15, 0.2) is 0 Å². The molecule has 2 N–H and O–H groups in total. The number of rotatable bonds is 9. The van der Waals surface area contributed by atoms with E-state index >= 15 is 0 Å². The van der Waals surface area contributed by atoms with Gasteiger partial charge in [-0.1, -0.05) is 18.2 Å². The number of nitrogens with zero attached hydrogens (tertiary/aromatic N) is 1. The van der Waals surface area contributed by atoms with Gasteiger partial charge in [0.05, 0.1) is 26.8 Å². The summed E-state index contributed by atoms with van der Waals surface area (Å²) in [4.78, 5) is 9.81. The normalized spacial score (nSPS) is 12.8. The van der Waals surface area contributed by atoms with Crippen LogP contribution in [-0.2, 0) is 30.8 Å². The first-order chi connectivity index (χ1) is 14.2. The van der Waals surface area contributed by atoms with E-state index in [2.05, 4.69) is 0 Å². The molecule has 31 heavy (non-hydrogen) atoms. The molecule has 0 atom stereocenters. The van der Waals surface area contributed by atoms with Gasteiger partial charge in [0.2, 0.25) is 19.9 Å². The quantitative estimate of drug-likeness (QED) is 0.562. The van der Waals surface area contributed by atoms with Gasteiger partial charge >= 0.3 is 12.1 Å². The van der Waals surface area contributed by atoms with Crippen molar-refractivity contribution in [1.82, 2.24) is 9.62 Å². The number of sulfonamides is 1. The Balaban J connectivity index is 2.44. The highest BCUT2D eigenvalue weighted by Gasteiger charge is 2.38. The molecule has 0 fully saturated rings. The maximum atomic E-state index is 13.4. The third-order valence-electron chi connectivity index (χ3n) is 4.10. The van der Waals surface area contributed by atoms with Gasteiger partial charge in [-0.3, -0.25) is 9.69 Å². The number of carboxylic acid groups (broad SMARTS) is 1. The molecule has 0 saturated carbocycles. The molecule has 0 unspecified atom stereocenters. The van der Waals surface area contributed by atoms with Crippen molar-refractivity contribution >= 4 is 25.8 Å². The predicted molar refractivity (Wildman–Crippen MR) is 104 cm³/mol. The van der Waals surface area contributed by atoms with E-state index in [4.69, 9.17) is 5.11 Å². The van der Waals surface area contributed by atoms with E-state index in [1.165, 1.54) is 36.2 Å². The molecule has 0 spiro atoms. The van der Waals surface area contributed by atoms with Crippen molar-refractivity contribution in [2.75, 3.05) is 26.7 Å². The highest BCUT2D eigenvalue weighted by atomic mass is 32.2. The number of likely N-dealkylation sites (N-methyl/N-ethyl adjacent to an activating group) is 1. The minimum absolute atomic E-state index is 0.102. The Morgan fingerprint density at radius 3 is 2.19 bits per heavy atom. The number of carbonyl (C=O) groups is 1. The summed E-state index contributed by atoms with van der Waals surface area (Å²) in [5.41, 5.74) is -1.52. The van der Waals surface area contributed by atoms with Crippen molar-refractivity contribution in [3.63, 3.8) is 0 Å². The van der Waals surface area contributed by atoms with Gasteiger partial charge in [0.1, 0.15) is 0 Å². The summed E-state index contributed by atoms with van der Waals surface area (Å²) in [5.74, 6) is -1.16. The lowest BCUT2D eigenvalue weighted by Gasteiger charge is -2.17. The number of benzene rings is 2. The summed E-state index contributed by atoms with van der Waals surface area (Å²) >= 11 is 0. The van der Waals surface area contributed by atoms with Crippen LogP contribution in [0.3, 0.4) is 0 Å². The lowest BCUT2D eigenvalue weighted by molar-refractivity contribution is -0.140. The van der Waals surface area contributed by atoms with E-state index < -0.39 is 53.9 Å². The maximum absolute atomic E-state index is 13.4. The average Bonchev–Trinajstić information content (AvgIpc) is 2.66. The minimum atomic E-state index is -5.06. The summed E-state index contributed by atoms with van der Waals surface area (Å²) in [6, 6.07) is 8.43. The fourth-order valence-electron chi connectivity index (χ4n) is 2.62. The third kappa shape index (κ3) is 6.26. The SMILES string of the molecule is CN(CCNS(=O)(=O)c1cc(S(=O)(=O)c2ccccc2)ccc1C(F)(F)F)CC(=O)O. The molecule has 0 aliphatic rings. The number of hydrogen-bond acceptors (Lipinski definition) is 6. The highest BCUT2D eigenvalue weighted by Crippen LogP contribution is 2.36. The van der Waals surface area contributed by atoms with Crippen molar-refractivity contribution < 1.29 is 39.9 Å². The molecule has 8 nitrogen and oxygen atoms in total. The highest BCUT2D eigenvalue weighted by molar-refractivity contribution is 7.91. The maximum Gasteiger partial charge on any atom is 0.417 e. The lowest BCUT2D eigenvalue weighted by Crippen LogP contribution is -2.36. The van der Waals surface area contributed by atoms with Crippen LogP contribution in [0.1, 0.15) is 5.56 Å². The molecule has 0 bridgehead atoms. The Bertz CT molecular complexity index is 1150. The molecule has 0 aromatic heterocycles. The first kappa shape index (κ1) is 24.8. The van der Waals surface area contributed by atoms with E-state index in [0.29, 0.717) is 18.2 Å². The van der Waals surface area contributed by atoms with Gasteiger partial charge in [-0.2, -0.15) is 13.2 Å². The van der Waals surface area contributed by atoms with Crippen molar-refractivity contribution in [3.05, 3.63) is 54.1 Å². The van der Waals surface area contributed by atoms with Gasteiger partial charge in [0, 0.05) is 13.1 Å². The minimum Gasteiger partial charge on any atom is -0.480 e. The Morgan fingerprint density at radius 1 is 1.03 bits per heavy atom. The molecule has 0 aliphatic heterocycles. The molecule has 2 aromatic carbocycles. The molecule has 0 aliphatic carbocycles. The first-order valence-electron chi connectivity index (χ1n) is 8.66. The molecule has 0 amide bonds. The van der Waals surface area contributed by atoms with Crippen LogP contribution >= 0.6 is 0 Å². The number of carboxylic acids is 1. The fraction of sp³-hybridized carbons (Fsp3) is 0.278. The van der Waals surface area contributed by atoms with E-state index in [1.807, 2.05) is 4.72 Å². The molecule has 2 aromatic rings. The molecule has 170 valence electrons. The van der Waals surface area contributed by atoms with Crippen LogP contribution in [-0.4, -0.2) is 59.5 Å². The van der Waals surface area contributed by atoms with Gasteiger partial charge in [-0.15, -0.1) is 0 Å². The second-order valence-corrected chi connectivity index (χ2v) is 10.2. The Labute approximate surface area is 177 Å². The first-order valence-corrected chi connectivity index (χ1v) is 11.6. The van der Waals surface area contributed by atoms with Crippen molar-refractivity contribution in [2.24, 2.45) is 0 Å². The van der Waals surface area contributed by atoms with Gasteiger partial charge < -0.3 is 5.11 Å². The summed E-state index contributed by atoms with van der Waals surface area (Å²) in [6.45, 7) is -0.895. The van der Waals surface area contributed by atoms with Crippen LogP contribution in [0, 0.1) is 0 Å². The van der Waals surface area contributed by atoms with Crippen LogP contribution in [0.15, 0.2) is 63.2 Å². The summed E-state index contributed by atoms with van der Waals surface area (Å²) in [5, 5.41) is 8.69. The van der Waals surface area contributed by atoms with Crippen molar-refractivity contribution in [3.8, 4) is 0 Å². The number of halogens is 3. The summed E-state index contributed by atoms with van der Waals surface area (Å²) in [6.07, 6.45) is -5.06. The topological polar surface area (TPSA) is 121 Å². The summed E-state index contributed by atoms with van der Waals surface area (Å²) < 4.78 is 92.8. The summed E-state index contributed by atoms with van der Waals surface area (Å²) in [7, 11) is -7.65. The number of nitrogens with one attached hydrogen (secondary N) is 1. The van der Waals surface area contributed by atoms with Crippen molar-refractivity contribution in [1.29, 1.82) is 0 Å². The standard InChI is InChI=1S/C18H19F3N2O6S2/c1-23(12-17(24)25)10-9-22-31(28,29)16-11-14(7-8-15(16)18(19,20)21)30(26,27)13-5-3-2-4-6-13/h2-8,11,22H,9-10,12H2,1H3,(H,24,25). The van der Waals surface area contributed by atoms with Crippen LogP contribution in [0.4, 0.5) is 13.2 Å². The van der Waals surface area contributed by atoms with Gasteiger partial charge in [0.25, 0.3) is 0 Å². The number of alkyl halides is 3. The van der Waals surface area contributed by atoms with Gasteiger partial charge in [-0.25, -0.2) is 21.6 Å². The van der Waals surface area contributed by atoms with Gasteiger partial charge in [-0.05, 0) is 37.4 Å². The molecule has 0 heterocycles. The lowest BCUT2D eigenvalue weighted by atomic mass is 10.2. The smallest absolute Gasteiger partial charge is 0.417 e. The fourth-order valence-corrected chi connectivity index (χ4v) is 5.27.